The second-order valence-electron chi connectivity index (χ2n) is 7.94. The standard InChI is InChI=1S/C21H25N5O/c1-14-18-9-23-6-4-17(18)19-12-26(13-20(19)24-14)21(27)7-15-10-25(11-15)16-3-2-5-22-8-16/h2-3,5,8,15,23H,4,6-7,9-13H2,1H3. The van der Waals surface area contributed by atoms with Crippen LogP contribution in [0.1, 0.15) is 34.5 Å². The van der Waals surface area contributed by atoms with Crippen molar-refractivity contribution in [2.24, 2.45) is 5.92 Å². The quantitative estimate of drug-likeness (QED) is 0.901. The van der Waals surface area contributed by atoms with Gasteiger partial charge in [0.25, 0.3) is 0 Å². The number of fused-ring (bicyclic) bond motifs is 3. The molecule has 3 aliphatic rings. The molecule has 0 bridgehead atoms. The Balaban J connectivity index is 1.23. The first-order valence-corrected chi connectivity index (χ1v) is 9.82. The lowest BCUT2D eigenvalue weighted by Crippen LogP contribution is -2.48. The molecule has 1 amide bonds. The van der Waals surface area contributed by atoms with Crippen molar-refractivity contribution in [2.75, 3.05) is 24.5 Å². The van der Waals surface area contributed by atoms with Crippen LogP contribution in [0, 0.1) is 12.8 Å². The molecule has 0 radical (unpaired) electrons. The molecule has 6 nitrogen and oxygen atoms in total. The number of hydrogen-bond donors (Lipinski definition) is 1. The first-order chi connectivity index (χ1) is 13.2. The van der Waals surface area contributed by atoms with Crippen LogP contribution in [0.5, 0.6) is 0 Å². The summed E-state index contributed by atoms with van der Waals surface area (Å²) in [5.74, 6) is 0.707. The van der Waals surface area contributed by atoms with Crippen molar-refractivity contribution in [3.8, 4) is 0 Å². The van der Waals surface area contributed by atoms with Crippen molar-refractivity contribution in [3.05, 3.63) is 52.6 Å². The third-order valence-electron chi connectivity index (χ3n) is 6.14. The lowest BCUT2D eigenvalue weighted by atomic mass is 9.94. The van der Waals surface area contributed by atoms with E-state index in [0.29, 0.717) is 18.9 Å². The van der Waals surface area contributed by atoms with Crippen LogP contribution in [0.2, 0.25) is 0 Å². The van der Waals surface area contributed by atoms with Gasteiger partial charge in [0, 0.05) is 50.4 Å². The average Bonchev–Trinajstić information content (AvgIpc) is 3.09. The number of hydrogen-bond acceptors (Lipinski definition) is 5. The summed E-state index contributed by atoms with van der Waals surface area (Å²) in [6.45, 7) is 7.31. The Labute approximate surface area is 159 Å². The molecule has 5 rings (SSSR count). The SMILES string of the molecule is Cc1nc2c(c3c1CNCC3)CN(C(=O)CC1CN(c3cccnc3)C1)C2. The molecule has 0 aliphatic carbocycles. The van der Waals surface area contributed by atoms with Crippen molar-refractivity contribution >= 4 is 11.6 Å². The van der Waals surface area contributed by atoms with Gasteiger partial charge in [-0.05, 0) is 48.7 Å². The predicted octanol–water partition coefficient (Wildman–Crippen LogP) is 1.80. The number of aryl methyl sites for hydroxylation is 1. The number of nitrogens with one attached hydrogen (secondary N) is 1. The molecular formula is C21H25N5O. The average molecular weight is 363 g/mol. The van der Waals surface area contributed by atoms with Crippen LogP contribution in [0.15, 0.2) is 24.5 Å². The third-order valence-corrected chi connectivity index (χ3v) is 6.14. The third kappa shape index (κ3) is 2.98. The predicted molar refractivity (Wildman–Crippen MR) is 103 cm³/mol. The van der Waals surface area contributed by atoms with Crippen LogP contribution in [-0.4, -0.2) is 40.4 Å². The summed E-state index contributed by atoms with van der Waals surface area (Å²) in [5.41, 5.74) is 7.49. The summed E-state index contributed by atoms with van der Waals surface area (Å²) >= 11 is 0. The second kappa shape index (κ2) is 6.60. The molecule has 0 atom stereocenters. The van der Waals surface area contributed by atoms with Crippen LogP contribution in [0.3, 0.4) is 0 Å². The zero-order valence-electron chi connectivity index (χ0n) is 15.7. The van der Waals surface area contributed by atoms with Crippen molar-refractivity contribution in [2.45, 2.75) is 39.4 Å². The molecule has 0 aromatic carbocycles. The van der Waals surface area contributed by atoms with E-state index in [0.717, 1.165) is 56.2 Å². The molecule has 140 valence electrons. The summed E-state index contributed by atoms with van der Waals surface area (Å²) < 4.78 is 0. The normalized spacial score (nSPS) is 18.9. The Morgan fingerprint density at radius 2 is 2.15 bits per heavy atom. The molecule has 0 unspecified atom stereocenters. The van der Waals surface area contributed by atoms with Crippen LogP contribution in [0.4, 0.5) is 5.69 Å². The van der Waals surface area contributed by atoms with Gasteiger partial charge < -0.3 is 15.1 Å². The highest BCUT2D eigenvalue weighted by Gasteiger charge is 2.34. The van der Waals surface area contributed by atoms with Gasteiger partial charge in [-0.25, -0.2) is 0 Å². The lowest BCUT2D eigenvalue weighted by Gasteiger charge is -2.41. The lowest BCUT2D eigenvalue weighted by molar-refractivity contribution is -0.133. The minimum Gasteiger partial charge on any atom is -0.370 e. The van der Waals surface area contributed by atoms with Gasteiger partial charge in [0.2, 0.25) is 5.91 Å². The molecule has 3 aliphatic heterocycles. The van der Waals surface area contributed by atoms with Crippen molar-refractivity contribution in [3.63, 3.8) is 0 Å². The van der Waals surface area contributed by atoms with Crippen LogP contribution >= 0.6 is 0 Å². The molecule has 2 aromatic heterocycles. The first kappa shape index (κ1) is 16.7. The molecule has 1 saturated heterocycles. The number of nitrogens with zero attached hydrogens (tertiary/aromatic N) is 4. The van der Waals surface area contributed by atoms with E-state index < -0.39 is 0 Å². The van der Waals surface area contributed by atoms with Crippen LogP contribution in [0.25, 0.3) is 0 Å². The molecule has 1 N–H and O–H groups in total. The highest BCUT2D eigenvalue weighted by atomic mass is 16.2. The van der Waals surface area contributed by atoms with Crippen molar-refractivity contribution in [1.29, 1.82) is 0 Å². The Kier molecular flexibility index (Phi) is 4.08. The van der Waals surface area contributed by atoms with Crippen LogP contribution < -0.4 is 10.2 Å². The minimum absolute atomic E-state index is 0.268. The molecule has 27 heavy (non-hydrogen) atoms. The van der Waals surface area contributed by atoms with E-state index in [9.17, 15) is 4.79 Å². The summed E-state index contributed by atoms with van der Waals surface area (Å²) in [4.78, 5) is 26.2. The Hall–Kier alpha value is -2.47. The molecule has 2 aromatic rings. The number of pyridine rings is 2. The maximum Gasteiger partial charge on any atom is 0.223 e. The summed E-state index contributed by atoms with van der Waals surface area (Å²) in [5, 5.41) is 3.44. The minimum atomic E-state index is 0.268. The number of rotatable bonds is 3. The van der Waals surface area contributed by atoms with E-state index in [1.807, 2.05) is 17.2 Å². The van der Waals surface area contributed by atoms with E-state index in [4.69, 9.17) is 4.98 Å². The fourth-order valence-corrected chi connectivity index (χ4v) is 4.62. The van der Waals surface area contributed by atoms with Gasteiger partial charge in [-0.3, -0.25) is 14.8 Å². The fraction of sp³-hybridized carbons (Fsp3) is 0.476. The van der Waals surface area contributed by atoms with Gasteiger partial charge in [-0.1, -0.05) is 0 Å². The Morgan fingerprint density at radius 1 is 1.26 bits per heavy atom. The zero-order chi connectivity index (χ0) is 18.4. The zero-order valence-corrected chi connectivity index (χ0v) is 15.7. The molecular weight excluding hydrogens is 338 g/mol. The molecule has 6 heteroatoms. The number of carbonyl (C=O) groups is 1. The van der Waals surface area contributed by atoms with Gasteiger partial charge in [-0.2, -0.15) is 0 Å². The van der Waals surface area contributed by atoms with E-state index in [1.54, 1.807) is 6.20 Å². The molecule has 0 spiro atoms. The number of anilines is 1. The van der Waals surface area contributed by atoms with Gasteiger partial charge in [0.15, 0.2) is 0 Å². The monoisotopic (exact) mass is 363 g/mol. The molecule has 0 saturated carbocycles. The van der Waals surface area contributed by atoms with Gasteiger partial charge in [-0.15, -0.1) is 0 Å². The van der Waals surface area contributed by atoms with Gasteiger partial charge in [0.1, 0.15) is 0 Å². The highest BCUT2D eigenvalue weighted by Crippen LogP contribution is 2.32. The Morgan fingerprint density at radius 3 is 2.96 bits per heavy atom. The van der Waals surface area contributed by atoms with E-state index in [-0.39, 0.29) is 5.91 Å². The van der Waals surface area contributed by atoms with Gasteiger partial charge in [0.05, 0.1) is 24.1 Å². The largest absolute Gasteiger partial charge is 0.370 e. The Bertz CT molecular complexity index is 876. The first-order valence-electron chi connectivity index (χ1n) is 9.82. The summed E-state index contributed by atoms with van der Waals surface area (Å²) in [7, 11) is 0. The maximum absolute atomic E-state index is 12.9. The van der Waals surface area contributed by atoms with Crippen molar-refractivity contribution in [1.82, 2.24) is 20.2 Å². The van der Waals surface area contributed by atoms with Crippen molar-refractivity contribution < 1.29 is 4.79 Å². The summed E-state index contributed by atoms with van der Waals surface area (Å²) in [6.07, 6.45) is 5.36. The molecule has 1 fully saturated rings. The topological polar surface area (TPSA) is 61.4 Å². The van der Waals surface area contributed by atoms with E-state index >= 15 is 0 Å². The van der Waals surface area contributed by atoms with Crippen LogP contribution in [-0.2, 0) is 30.8 Å². The maximum atomic E-state index is 12.9. The highest BCUT2D eigenvalue weighted by molar-refractivity contribution is 5.77. The van der Waals surface area contributed by atoms with E-state index in [1.165, 1.54) is 16.7 Å². The number of carbonyl (C=O) groups excluding carboxylic acids is 1. The number of aromatic nitrogens is 2. The number of amides is 1. The fourth-order valence-electron chi connectivity index (χ4n) is 4.62. The summed E-state index contributed by atoms with van der Waals surface area (Å²) in [6, 6.07) is 4.04. The molecule has 5 heterocycles. The van der Waals surface area contributed by atoms with Gasteiger partial charge >= 0.3 is 0 Å². The second-order valence-corrected chi connectivity index (χ2v) is 7.94. The van der Waals surface area contributed by atoms with E-state index in [2.05, 4.69) is 28.2 Å². The smallest absolute Gasteiger partial charge is 0.223 e.